The molecule has 4 nitrogen and oxygen atoms in total. The lowest BCUT2D eigenvalue weighted by Crippen LogP contribution is -2.32. The molecule has 0 aliphatic heterocycles. The Bertz CT molecular complexity index is 286. The smallest absolute Gasteiger partial charge is 0.211 e. The van der Waals surface area contributed by atoms with Gasteiger partial charge in [-0.2, -0.15) is 0 Å². The van der Waals surface area contributed by atoms with Crippen molar-refractivity contribution in [3.05, 3.63) is 12.2 Å². The Morgan fingerprint density at radius 1 is 1.47 bits per heavy atom. The van der Waals surface area contributed by atoms with E-state index < -0.39 is 10.0 Å². The lowest BCUT2D eigenvalue weighted by molar-refractivity contribution is 0.420. The molecule has 0 rings (SSSR count). The van der Waals surface area contributed by atoms with Crippen molar-refractivity contribution >= 4 is 10.0 Å². The Morgan fingerprint density at radius 2 is 2.07 bits per heavy atom. The largest absolute Gasteiger partial charge is 0.313 e. The molecule has 90 valence electrons. The molecule has 15 heavy (non-hydrogen) atoms. The van der Waals surface area contributed by atoms with Crippen LogP contribution in [0.2, 0.25) is 0 Å². The summed E-state index contributed by atoms with van der Waals surface area (Å²) < 4.78 is 23.9. The molecule has 1 N–H and O–H groups in total. The average Bonchev–Trinajstić information content (AvgIpc) is 2.08. The van der Waals surface area contributed by atoms with E-state index in [0.29, 0.717) is 13.1 Å². The highest BCUT2D eigenvalue weighted by molar-refractivity contribution is 7.88. The second-order valence-corrected chi connectivity index (χ2v) is 5.72. The summed E-state index contributed by atoms with van der Waals surface area (Å²) in [5, 5.41) is 3.19. The molecular weight excluding hydrogens is 212 g/mol. The van der Waals surface area contributed by atoms with Gasteiger partial charge in [-0.1, -0.05) is 19.1 Å². The van der Waals surface area contributed by atoms with E-state index in [1.807, 2.05) is 13.8 Å². The van der Waals surface area contributed by atoms with Crippen LogP contribution in [0.1, 0.15) is 20.3 Å². The van der Waals surface area contributed by atoms with Crippen molar-refractivity contribution < 1.29 is 8.42 Å². The third kappa shape index (κ3) is 7.53. The molecule has 0 atom stereocenters. The molecule has 0 bridgehead atoms. The average molecular weight is 234 g/mol. The van der Waals surface area contributed by atoms with Gasteiger partial charge in [-0.25, -0.2) is 12.7 Å². The summed E-state index contributed by atoms with van der Waals surface area (Å²) in [6.07, 6.45) is 2.08. The normalized spacial score (nSPS) is 12.0. The predicted molar refractivity (Wildman–Crippen MR) is 64.4 cm³/mol. The van der Waals surface area contributed by atoms with E-state index in [-0.39, 0.29) is 0 Å². The summed E-state index contributed by atoms with van der Waals surface area (Å²) in [4.78, 5) is 0. The summed E-state index contributed by atoms with van der Waals surface area (Å²) in [6, 6.07) is 0. The summed E-state index contributed by atoms with van der Waals surface area (Å²) >= 11 is 0. The predicted octanol–water partition coefficient (Wildman–Crippen LogP) is 0.824. The number of rotatable bonds is 8. The highest BCUT2D eigenvalue weighted by Gasteiger charge is 2.12. The van der Waals surface area contributed by atoms with Crippen molar-refractivity contribution in [1.82, 2.24) is 9.62 Å². The Kier molecular flexibility index (Phi) is 6.80. The minimum absolute atomic E-state index is 0.541. The second kappa shape index (κ2) is 6.98. The molecule has 0 radical (unpaired) electrons. The molecule has 0 aromatic rings. The maximum atomic E-state index is 11.2. The minimum atomic E-state index is -3.03. The quantitative estimate of drug-likeness (QED) is 0.500. The molecule has 0 fully saturated rings. The fourth-order valence-corrected chi connectivity index (χ4v) is 2.17. The van der Waals surface area contributed by atoms with Crippen molar-refractivity contribution in [2.45, 2.75) is 20.3 Å². The summed E-state index contributed by atoms with van der Waals surface area (Å²) in [6.45, 7) is 10.3. The third-order valence-electron chi connectivity index (χ3n) is 2.01. The molecule has 0 saturated carbocycles. The fourth-order valence-electron chi connectivity index (χ4n) is 1.24. The lowest BCUT2D eigenvalue weighted by atomic mass is 10.3. The van der Waals surface area contributed by atoms with Crippen LogP contribution in [-0.2, 0) is 10.0 Å². The molecule has 0 heterocycles. The number of hydrogen-bond donors (Lipinski definition) is 1. The van der Waals surface area contributed by atoms with Crippen molar-refractivity contribution in [2.24, 2.45) is 0 Å². The zero-order valence-corrected chi connectivity index (χ0v) is 10.7. The first kappa shape index (κ1) is 14.6. The maximum absolute atomic E-state index is 11.2. The van der Waals surface area contributed by atoms with Gasteiger partial charge in [0.05, 0.1) is 6.26 Å². The standard InChI is InChI=1S/C10H22N2O2S/c1-5-12(15(4,13)14)8-6-7-11-9-10(2)3/h11H,2,5-9H2,1,3-4H3. The number of nitrogens with zero attached hydrogens (tertiary/aromatic N) is 1. The van der Waals surface area contributed by atoms with Gasteiger partial charge in [0.2, 0.25) is 10.0 Å². The first-order chi connectivity index (χ1) is 6.88. The molecule has 0 amide bonds. The zero-order chi connectivity index (χ0) is 11.9. The summed E-state index contributed by atoms with van der Waals surface area (Å²) in [7, 11) is -3.03. The van der Waals surface area contributed by atoms with E-state index in [4.69, 9.17) is 0 Å². The van der Waals surface area contributed by atoms with Crippen LogP contribution in [0.4, 0.5) is 0 Å². The van der Waals surface area contributed by atoms with Crippen LogP contribution in [-0.4, -0.2) is 45.2 Å². The van der Waals surface area contributed by atoms with Crippen LogP contribution in [0.25, 0.3) is 0 Å². The van der Waals surface area contributed by atoms with Crippen molar-refractivity contribution in [3.8, 4) is 0 Å². The van der Waals surface area contributed by atoms with E-state index in [1.54, 1.807) is 0 Å². The van der Waals surface area contributed by atoms with Crippen LogP contribution in [0.3, 0.4) is 0 Å². The highest BCUT2D eigenvalue weighted by atomic mass is 32.2. The first-order valence-corrected chi connectivity index (χ1v) is 7.03. The van der Waals surface area contributed by atoms with Gasteiger partial charge in [-0.3, -0.25) is 0 Å². The zero-order valence-electron chi connectivity index (χ0n) is 9.91. The molecule has 0 aliphatic carbocycles. The molecule has 5 heteroatoms. The van der Waals surface area contributed by atoms with Crippen LogP contribution in [0.15, 0.2) is 12.2 Å². The van der Waals surface area contributed by atoms with Gasteiger partial charge in [0, 0.05) is 19.6 Å². The Balaban J connectivity index is 3.70. The maximum Gasteiger partial charge on any atom is 0.211 e. The lowest BCUT2D eigenvalue weighted by Gasteiger charge is -2.17. The SMILES string of the molecule is C=C(C)CNCCCN(CC)S(C)(=O)=O. The van der Waals surface area contributed by atoms with Crippen molar-refractivity contribution in [2.75, 3.05) is 32.4 Å². The monoisotopic (exact) mass is 234 g/mol. The van der Waals surface area contributed by atoms with Crippen LogP contribution in [0.5, 0.6) is 0 Å². The molecule has 0 unspecified atom stereocenters. The first-order valence-electron chi connectivity index (χ1n) is 5.18. The Labute approximate surface area is 93.4 Å². The van der Waals surface area contributed by atoms with E-state index in [0.717, 1.165) is 25.1 Å². The highest BCUT2D eigenvalue weighted by Crippen LogP contribution is 1.98. The van der Waals surface area contributed by atoms with Gasteiger partial charge >= 0.3 is 0 Å². The Morgan fingerprint density at radius 3 is 2.47 bits per heavy atom. The van der Waals surface area contributed by atoms with Crippen molar-refractivity contribution in [3.63, 3.8) is 0 Å². The minimum Gasteiger partial charge on any atom is -0.313 e. The van der Waals surface area contributed by atoms with Gasteiger partial charge in [-0.15, -0.1) is 0 Å². The van der Waals surface area contributed by atoms with Gasteiger partial charge in [-0.05, 0) is 19.9 Å². The molecule has 0 spiro atoms. The topological polar surface area (TPSA) is 49.4 Å². The molecule has 0 aromatic heterocycles. The van der Waals surface area contributed by atoms with E-state index in [1.165, 1.54) is 10.6 Å². The number of nitrogens with one attached hydrogen (secondary N) is 1. The summed E-state index contributed by atoms with van der Waals surface area (Å²) in [5.74, 6) is 0. The van der Waals surface area contributed by atoms with E-state index in [9.17, 15) is 8.42 Å². The van der Waals surface area contributed by atoms with Gasteiger partial charge in [0.15, 0.2) is 0 Å². The van der Waals surface area contributed by atoms with Crippen LogP contribution in [0, 0.1) is 0 Å². The molecular formula is C10H22N2O2S. The fraction of sp³-hybridized carbons (Fsp3) is 0.800. The van der Waals surface area contributed by atoms with Gasteiger partial charge < -0.3 is 5.32 Å². The Hall–Kier alpha value is -0.390. The van der Waals surface area contributed by atoms with E-state index in [2.05, 4.69) is 11.9 Å². The number of sulfonamides is 1. The second-order valence-electron chi connectivity index (χ2n) is 3.74. The molecule has 0 aliphatic rings. The van der Waals surface area contributed by atoms with Crippen molar-refractivity contribution in [1.29, 1.82) is 0 Å². The van der Waals surface area contributed by atoms with Crippen LogP contribution >= 0.6 is 0 Å². The molecule has 0 aromatic carbocycles. The molecule has 0 saturated heterocycles. The number of hydrogen-bond acceptors (Lipinski definition) is 3. The van der Waals surface area contributed by atoms with Gasteiger partial charge in [0.25, 0.3) is 0 Å². The van der Waals surface area contributed by atoms with Gasteiger partial charge in [0.1, 0.15) is 0 Å². The van der Waals surface area contributed by atoms with Crippen LogP contribution < -0.4 is 5.32 Å². The third-order valence-corrected chi connectivity index (χ3v) is 3.39. The summed E-state index contributed by atoms with van der Waals surface area (Å²) in [5.41, 5.74) is 1.09. The van der Waals surface area contributed by atoms with E-state index >= 15 is 0 Å².